The first-order chi connectivity index (χ1) is 4.93. The number of hydrogen-bond acceptors (Lipinski definition) is 1. The molecule has 1 radical (unpaired) electrons. The Labute approximate surface area is 63.4 Å². The van der Waals surface area contributed by atoms with E-state index in [1.54, 1.807) is 0 Å². The summed E-state index contributed by atoms with van der Waals surface area (Å²) in [6.45, 7) is 1.09. The maximum atomic E-state index is 3.88. The second-order valence-electron chi connectivity index (χ2n) is 3.09. The normalized spacial score (nSPS) is 21.3. The van der Waals surface area contributed by atoms with Gasteiger partial charge in [-0.2, -0.15) is 5.43 Å². The molecular weight excluding hydrogens is 124 g/mol. The van der Waals surface area contributed by atoms with Gasteiger partial charge in [0.15, 0.2) is 0 Å². The first-order valence-corrected chi connectivity index (χ1v) is 4.25. The van der Waals surface area contributed by atoms with Crippen LogP contribution in [0.25, 0.3) is 0 Å². The summed E-state index contributed by atoms with van der Waals surface area (Å²) < 4.78 is 0. The average molecular weight is 141 g/mol. The second kappa shape index (κ2) is 4.69. The quantitative estimate of drug-likeness (QED) is 0.589. The lowest BCUT2D eigenvalue weighted by molar-refractivity contribution is 0.330. The third kappa shape index (κ3) is 2.67. The SMILES string of the molecule is C[N]NCC1CCCCC1. The van der Waals surface area contributed by atoms with Crippen LogP contribution in [-0.4, -0.2) is 13.6 Å². The highest BCUT2D eigenvalue weighted by Crippen LogP contribution is 2.22. The Balaban J connectivity index is 2.02. The summed E-state index contributed by atoms with van der Waals surface area (Å²) in [4.78, 5) is 0. The van der Waals surface area contributed by atoms with Crippen molar-refractivity contribution in [2.75, 3.05) is 13.6 Å². The first-order valence-electron chi connectivity index (χ1n) is 4.25. The van der Waals surface area contributed by atoms with Crippen LogP contribution in [-0.2, 0) is 0 Å². The third-order valence-corrected chi connectivity index (χ3v) is 2.26. The van der Waals surface area contributed by atoms with Crippen molar-refractivity contribution >= 4 is 0 Å². The molecule has 10 heavy (non-hydrogen) atoms. The summed E-state index contributed by atoms with van der Waals surface area (Å²) in [5.74, 6) is 0.900. The lowest BCUT2D eigenvalue weighted by Crippen LogP contribution is -2.28. The molecule has 2 heteroatoms. The molecule has 1 N–H and O–H groups in total. The van der Waals surface area contributed by atoms with Gasteiger partial charge in [-0.05, 0) is 18.8 Å². The van der Waals surface area contributed by atoms with E-state index in [0.29, 0.717) is 0 Å². The van der Waals surface area contributed by atoms with Crippen molar-refractivity contribution in [1.29, 1.82) is 0 Å². The van der Waals surface area contributed by atoms with Crippen LogP contribution in [0.5, 0.6) is 0 Å². The molecule has 0 amide bonds. The Morgan fingerprint density at radius 1 is 1.30 bits per heavy atom. The molecule has 0 spiro atoms. The molecule has 0 saturated heterocycles. The van der Waals surface area contributed by atoms with Crippen LogP contribution < -0.4 is 10.9 Å². The van der Waals surface area contributed by atoms with Gasteiger partial charge in [-0.1, -0.05) is 19.3 Å². The molecule has 0 heterocycles. The van der Waals surface area contributed by atoms with Crippen LogP contribution in [0.15, 0.2) is 0 Å². The zero-order valence-electron chi connectivity index (χ0n) is 6.77. The number of hydrogen-bond donors (Lipinski definition) is 1. The second-order valence-corrected chi connectivity index (χ2v) is 3.09. The van der Waals surface area contributed by atoms with Gasteiger partial charge in [0.1, 0.15) is 0 Å². The van der Waals surface area contributed by atoms with Crippen molar-refractivity contribution in [3.05, 3.63) is 0 Å². The van der Waals surface area contributed by atoms with E-state index in [1.165, 1.54) is 32.1 Å². The van der Waals surface area contributed by atoms with Crippen molar-refractivity contribution in [3.8, 4) is 0 Å². The third-order valence-electron chi connectivity index (χ3n) is 2.26. The minimum Gasteiger partial charge on any atom is -0.240 e. The summed E-state index contributed by atoms with van der Waals surface area (Å²) in [7, 11) is 1.81. The maximum absolute atomic E-state index is 3.88. The summed E-state index contributed by atoms with van der Waals surface area (Å²) in [6, 6.07) is 0. The lowest BCUT2D eigenvalue weighted by atomic mass is 9.89. The highest BCUT2D eigenvalue weighted by molar-refractivity contribution is 4.66. The monoisotopic (exact) mass is 141 g/mol. The fourth-order valence-corrected chi connectivity index (χ4v) is 1.61. The molecule has 2 nitrogen and oxygen atoms in total. The van der Waals surface area contributed by atoms with E-state index >= 15 is 0 Å². The van der Waals surface area contributed by atoms with Crippen LogP contribution in [0.3, 0.4) is 0 Å². The summed E-state index contributed by atoms with van der Waals surface area (Å²) in [5.41, 5.74) is 6.92. The maximum Gasteiger partial charge on any atom is 0.0190 e. The van der Waals surface area contributed by atoms with Crippen molar-refractivity contribution < 1.29 is 0 Å². The Bertz CT molecular complexity index is 77.3. The van der Waals surface area contributed by atoms with Gasteiger partial charge < -0.3 is 0 Å². The Morgan fingerprint density at radius 2 is 2.00 bits per heavy atom. The minimum absolute atomic E-state index is 0.900. The van der Waals surface area contributed by atoms with Gasteiger partial charge in [0.2, 0.25) is 0 Å². The van der Waals surface area contributed by atoms with E-state index in [1.807, 2.05) is 7.05 Å². The minimum atomic E-state index is 0.900. The molecule has 0 unspecified atom stereocenters. The molecule has 0 bridgehead atoms. The van der Waals surface area contributed by atoms with Crippen molar-refractivity contribution in [3.63, 3.8) is 0 Å². The van der Waals surface area contributed by atoms with Gasteiger partial charge >= 0.3 is 0 Å². The van der Waals surface area contributed by atoms with Crippen LogP contribution in [0.2, 0.25) is 0 Å². The van der Waals surface area contributed by atoms with E-state index < -0.39 is 0 Å². The van der Waals surface area contributed by atoms with E-state index in [0.717, 1.165) is 12.5 Å². The van der Waals surface area contributed by atoms with Crippen LogP contribution in [0.1, 0.15) is 32.1 Å². The van der Waals surface area contributed by atoms with Gasteiger partial charge in [-0.15, -0.1) is 0 Å². The Hall–Kier alpha value is -0.0800. The highest BCUT2D eigenvalue weighted by atomic mass is 15.3. The number of nitrogens with one attached hydrogen (secondary N) is 1. The molecule has 59 valence electrons. The van der Waals surface area contributed by atoms with Crippen molar-refractivity contribution in [2.45, 2.75) is 32.1 Å². The molecule has 0 aromatic rings. The van der Waals surface area contributed by atoms with Crippen LogP contribution >= 0.6 is 0 Å². The zero-order valence-corrected chi connectivity index (χ0v) is 6.77. The molecule has 1 aliphatic carbocycles. The molecule has 0 atom stereocenters. The van der Waals surface area contributed by atoms with E-state index in [2.05, 4.69) is 10.9 Å². The fraction of sp³-hybridized carbons (Fsp3) is 1.00. The summed E-state index contributed by atoms with van der Waals surface area (Å²) >= 11 is 0. The van der Waals surface area contributed by atoms with Gasteiger partial charge in [-0.3, -0.25) is 0 Å². The van der Waals surface area contributed by atoms with Crippen LogP contribution in [0, 0.1) is 5.92 Å². The highest BCUT2D eigenvalue weighted by Gasteiger charge is 2.11. The average Bonchev–Trinajstić information content (AvgIpc) is 2.03. The van der Waals surface area contributed by atoms with Crippen LogP contribution in [0.4, 0.5) is 0 Å². The molecular formula is C8H17N2. The molecule has 1 rings (SSSR count). The molecule has 0 aromatic heterocycles. The molecule has 0 aliphatic heterocycles. The summed E-state index contributed by atoms with van der Waals surface area (Å²) in [5, 5.41) is 0. The summed E-state index contributed by atoms with van der Waals surface area (Å²) in [6.07, 6.45) is 7.11. The van der Waals surface area contributed by atoms with Crippen molar-refractivity contribution in [2.24, 2.45) is 5.92 Å². The van der Waals surface area contributed by atoms with Gasteiger partial charge in [-0.25, -0.2) is 5.43 Å². The van der Waals surface area contributed by atoms with Gasteiger partial charge in [0, 0.05) is 13.6 Å². The number of rotatable bonds is 3. The standard InChI is InChI=1S/C8H17N2/c1-9-10-7-8-5-3-2-4-6-8/h8,10H,2-7H2,1H3. The predicted molar refractivity (Wildman–Crippen MR) is 42.6 cm³/mol. The topological polar surface area (TPSA) is 26.1 Å². The molecule has 0 aromatic carbocycles. The smallest absolute Gasteiger partial charge is 0.0190 e. The van der Waals surface area contributed by atoms with E-state index in [9.17, 15) is 0 Å². The predicted octanol–water partition coefficient (Wildman–Crippen LogP) is 1.31. The molecule has 1 aliphatic rings. The number of nitrogens with zero attached hydrogens (tertiary/aromatic N) is 1. The fourth-order valence-electron chi connectivity index (χ4n) is 1.61. The zero-order chi connectivity index (χ0) is 7.23. The Kier molecular flexibility index (Phi) is 3.76. The van der Waals surface area contributed by atoms with Crippen molar-refractivity contribution in [1.82, 2.24) is 10.9 Å². The largest absolute Gasteiger partial charge is 0.240 e. The first kappa shape index (κ1) is 8.02. The van der Waals surface area contributed by atoms with E-state index in [4.69, 9.17) is 0 Å². The Morgan fingerprint density at radius 3 is 2.60 bits per heavy atom. The lowest BCUT2D eigenvalue weighted by Gasteiger charge is -2.20. The molecule has 1 fully saturated rings. The molecule has 1 saturated carbocycles. The van der Waals surface area contributed by atoms with E-state index in [-0.39, 0.29) is 0 Å². The van der Waals surface area contributed by atoms with Gasteiger partial charge in [0.05, 0.1) is 0 Å². The van der Waals surface area contributed by atoms with Gasteiger partial charge in [0.25, 0.3) is 0 Å².